The summed E-state index contributed by atoms with van der Waals surface area (Å²) in [5.74, 6) is -2.20. The van der Waals surface area contributed by atoms with Crippen molar-refractivity contribution >= 4 is 16.8 Å². The second-order valence-corrected chi connectivity index (χ2v) is 10.7. The van der Waals surface area contributed by atoms with Gasteiger partial charge in [0.25, 0.3) is 5.91 Å². The fraction of sp³-hybridized carbons (Fsp3) is 0.464. The van der Waals surface area contributed by atoms with Gasteiger partial charge in [0.05, 0.1) is 12.2 Å². The van der Waals surface area contributed by atoms with Gasteiger partial charge >= 0.3 is 0 Å². The fourth-order valence-electron chi connectivity index (χ4n) is 5.53. The van der Waals surface area contributed by atoms with E-state index in [2.05, 4.69) is 4.98 Å². The predicted molar refractivity (Wildman–Crippen MR) is 134 cm³/mol. The monoisotopic (exact) mass is 515 g/mol. The molecule has 2 atom stereocenters. The van der Waals surface area contributed by atoms with E-state index in [1.54, 1.807) is 0 Å². The Morgan fingerprint density at radius 3 is 2.51 bits per heavy atom. The molecule has 0 spiro atoms. The van der Waals surface area contributed by atoms with E-state index in [0.29, 0.717) is 31.7 Å². The van der Waals surface area contributed by atoms with Crippen molar-refractivity contribution in [1.29, 1.82) is 0 Å². The Morgan fingerprint density at radius 1 is 1.19 bits per heavy atom. The summed E-state index contributed by atoms with van der Waals surface area (Å²) in [5, 5.41) is 11.5. The van der Waals surface area contributed by atoms with Crippen molar-refractivity contribution in [2.24, 2.45) is 5.92 Å². The molecule has 0 unspecified atom stereocenters. The minimum Gasteiger partial charge on any atom is -0.492 e. The standard InChI is InChI=1S/C28H32F3N3O3/c1-16-10-20-19-6-4-5-7-23(19)32-25(20)26(34(16)27(35)28(2,3)36)24-21(30)11-18(12-22(24)31)37-9-8-33-14-17(13-29)15-33/h4-7,11-12,16-17,26,32,36H,8-10,13-15H2,1-3H3/t16-,26-/m1/s1. The van der Waals surface area contributed by atoms with Gasteiger partial charge in [-0.3, -0.25) is 14.1 Å². The number of likely N-dealkylation sites (tertiary alicyclic amines) is 1. The largest absolute Gasteiger partial charge is 0.492 e. The molecule has 3 aromatic rings. The van der Waals surface area contributed by atoms with Gasteiger partial charge in [0.2, 0.25) is 0 Å². The summed E-state index contributed by atoms with van der Waals surface area (Å²) in [6.45, 7) is 6.27. The van der Waals surface area contributed by atoms with Gasteiger partial charge in [0.1, 0.15) is 35.6 Å². The lowest BCUT2D eigenvalue weighted by molar-refractivity contribution is -0.152. The Labute approximate surface area is 214 Å². The highest BCUT2D eigenvalue weighted by Crippen LogP contribution is 2.43. The highest BCUT2D eigenvalue weighted by Gasteiger charge is 2.44. The van der Waals surface area contributed by atoms with Gasteiger partial charge in [-0.15, -0.1) is 0 Å². The van der Waals surface area contributed by atoms with E-state index >= 15 is 8.78 Å². The number of aliphatic hydroxyl groups is 1. The zero-order valence-electron chi connectivity index (χ0n) is 21.2. The number of nitrogens with zero attached hydrogens (tertiary/aromatic N) is 2. The quantitative estimate of drug-likeness (QED) is 0.491. The Kier molecular flexibility index (Phi) is 6.70. The van der Waals surface area contributed by atoms with Crippen LogP contribution in [0, 0.1) is 17.6 Å². The van der Waals surface area contributed by atoms with E-state index in [1.165, 1.54) is 18.7 Å². The maximum Gasteiger partial charge on any atom is 0.255 e. The summed E-state index contributed by atoms with van der Waals surface area (Å²) in [6.07, 6.45) is 0.474. The topological polar surface area (TPSA) is 68.8 Å². The molecule has 6 nitrogen and oxygen atoms in total. The van der Waals surface area contributed by atoms with Crippen molar-refractivity contribution in [3.05, 3.63) is 64.9 Å². The number of fused-ring (bicyclic) bond motifs is 3. The van der Waals surface area contributed by atoms with Crippen LogP contribution in [0.3, 0.4) is 0 Å². The molecule has 2 aliphatic rings. The summed E-state index contributed by atoms with van der Waals surface area (Å²) in [5.41, 5.74) is 0.225. The molecule has 9 heteroatoms. The fourth-order valence-corrected chi connectivity index (χ4v) is 5.53. The first-order chi connectivity index (χ1) is 17.6. The van der Waals surface area contributed by atoms with Crippen molar-refractivity contribution in [3.63, 3.8) is 0 Å². The molecule has 1 fully saturated rings. The summed E-state index contributed by atoms with van der Waals surface area (Å²) >= 11 is 0. The molecule has 3 heterocycles. The zero-order valence-corrected chi connectivity index (χ0v) is 21.2. The summed E-state index contributed by atoms with van der Waals surface area (Å²) < 4.78 is 49.6. The molecular formula is C28H32F3N3O3. The number of halogens is 3. The van der Waals surface area contributed by atoms with Gasteiger partial charge in [0, 0.05) is 60.3 Å². The number of H-pyrrole nitrogens is 1. The van der Waals surface area contributed by atoms with Crippen LogP contribution in [0.2, 0.25) is 0 Å². The van der Waals surface area contributed by atoms with Gasteiger partial charge in [-0.1, -0.05) is 18.2 Å². The number of para-hydroxylation sites is 1. The van der Waals surface area contributed by atoms with E-state index in [9.17, 15) is 14.3 Å². The van der Waals surface area contributed by atoms with Crippen LogP contribution < -0.4 is 4.74 Å². The number of nitrogens with one attached hydrogen (secondary N) is 1. The molecule has 1 amide bonds. The SMILES string of the molecule is C[C@@H]1Cc2c([nH]c3ccccc23)[C@@H](c2c(F)cc(OCCN3CC(CF)C3)cc2F)N1C(=O)C(C)(C)O. The average molecular weight is 516 g/mol. The van der Waals surface area contributed by atoms with Crippen LogP contribution in [-0.2, 0) is 11.2 Å². The number of alkyl halides is 1. The third-order valence-corrected chi connectivity index (χ3v) is 7.38. The number of aromatic nitrogens is 1. The average Bonchev–Trinajstić information content (AvgIpc) is 3.17. The van der Waals surface area contributed by atoms with E-state index in [-0.39, 0.29) is 30.5 Å². The minimum absolute atomic E-state index is 0.0439. The van der Waals surface area contributed by atoms with Gasteiger partial charge in [0.15, 0.2) is 0 Å². The zero-order chi connectivity index (χ0) is 26.5. The number of ether oxygens (including phenoxy) is 1. The normalized spacial score (nSPS) is 20.7. The van der Waals surface area contributed by atoms with Crippen LogP contribution in [0.15, 0.2) is 36.4 Å². The molecular weight excluding hydrogens is 483 g/mol. The molecule has 0 radical (unpaired) electrons. The summed E-state index contributed by atoms with van der Waals surface area (Å²) in [6, 6.07) is 8.34. The van der Waals surface area contributed by atoms with Crippen molar-refractivity contribution < 1.29 is 27.8 Å². The smallest absolute Gasteiger partial charge is 0.255 e. The highest BCUT2D eigenvalue weighted by molar-refractivity contribution is 5.89. The molecule has 1 saturated heterocycles. The Bertz CT molecular complexity index is 1290. The molecule has 0 aliphatic carbocycles. The Morgan fingerprint density at radius 2 is 1.86 bits per heavy atom. The van der Waals surface area contributed by atoms with Crippen LogP contribution in [0.5, 0.6) is 5.75 Å². The number of hydrogen-bond acceptors (Lipinski definition) is 4. The third-order valence-electron chi connectivity index (χ3n) is 7.38. The molecule has 5 rings (SSSR count). The number of hydrogen-bond donors (Lipinski definition) is 2. The second kappa shape index (κ2) is 9.68. The van der Waals surface area contributed by atoms with Crippen molar-refractivity contribution in [2.75, 3.05) is 32.9 Å². The van der Waals surface area contributed by atoms with Gasteiger partial charge in [-0.05, 0) is 38.8 Å². The van der Waals surface area contributed by atoms with E-state index in [1.807, 2.05) is 36.1 Å². The first kappa shape index (κ1) is 25.6. The van der Waals surface area contributed by atoms with Crippen LogP contribution >= 0.6 is 0 Å². The van der Waals surface area contributed by atoms with Crippen molar-refractivity contribution in [3.8, 4) is 5.75 Å². The molecule has 0 bridgehead atoms. The molecule has 198 valence electrons. The predicted octanol–water partition coefficient (Wildman–Crippen LogP) is 4.36. The first-order valence-corrected chi connectivity index (χ1v) is 12.6. The maximum atomic E-state index is 15.7. The molecule has 0 saturated carbocycles. The lowest BCUT2D eigenvalue weighted by atomic mass is 9.86. The van der Waals surface area contributed by atoms with Crippen molar-refractivity contribution in [1.82, 2.24) is 14.8 Å². The lowest BCUT2D eigenvalue weighted by Gasteiger charge is -2.43. The van der Waals surface area contributed by atoms with Crippen LogP contribution in [-0.4, -0.2) is 70.4 Å². The van der Waals surface area contributed by atoms with E-state index < -0.39 is 35.2 Å². The summed E-state index contributed by atoms with van der Waals surface area (Å²) in [4.78, 5) is 20.1. The van der Waals surface area contributed by atoms with E-state index in [4.69, 9.17) is 4.74 Å². The number of rotatable bonds is 7. The van der Waals surface area contributed by atoms with Crippen LogP contribution in [0.1, 0.15) is 43.6 Å². The second-order valence-electron chi connectivity index (χ2n) is 10.7. The number of carbonyl (C=O) groups is 1. The van der Waals surface area contributed by atoms with Crippen LogP contribution in [0.4, 0.5) is 13.2 Å². The summed E-state index contributed by atoms with van der Waals surface area (Å²) in [7, 11) is 0. The number of carbonyl (C=O) groups excluding carboxylic acids is 1. The molecule has 1 aromatic heterocycles. The van der Waals surface area contributed by atoms with Crippen molar-refractivity contribution in [2.45, 2.75) is 44.9 Å². The third kappa shape index (κ3) is 4.70. The number of amides is 1. The minimum atomic E-state index is -1.73. The number of benzene rings is 2. The Hall–Kier alpha value is -3.04. The molecule has 2 aromatic carbocycles. The Balaban J connectivity index is 1.50. The first-order valence-electron chi connectivity index (χ1n) is 12.6. The number of aromatic amines is 1. The van der Waals surface area contributed by atoms with Gasteiger partial charge < -0.3 is 19.7 Å². The lowest BCUT2D eigenvalue weighted by Crippen LogP contribution is -2.53. The van der Waals surface area contributed by atoms with Gasteiger partial charge in [-0.25, -0.2) is 8.78 Å². The van der Waals surface area contributed by atoms with Gasteiger partial charge in [-0.2, -0.15) is 0 Å². The molecule has 2 aliphatic heterocycles. The molecule has 2 N–H and O–H groups in total. The van der Waals surface area contributed by atoms with Crippen LogP contribution in [0.25, 0.3) is 10.9 Å². The highest BCUT2D eigenvalue weighted by atomic mass is 19.1. The molecule has 37 heavy (non-hydrogen) atoms. The van der Waals surface area contributed by atoms with E-state index in [0.717, 1.165) is 28.6 Å². The maximum absolute atomic E-state index is 15.7.